The van der Waals surface area contributed by atoms with Crippen molar-refractivity contribution in [2.75, 3.05) is 32.1 Å². The van der Waals surface area contributed by atoms with Crippen LogP contribution >= 0.6 is 11.3 Å². The number of thiophene rings is 1. The molecule has 0 bridgehead atoms. The summed E-state index contributed by atoms with van der Waals surface area (Å²) in [5, 5.41) is 1.99. The zero-order chi connectivity index (χ0) is 16.6. The van der Waals surface area contributed by atoms with Gasteiger partial charge in [0.25, 0.3) is 5.91 Å². The molecule has 23 heavy (non-hydrogen) atoms. The minimum atomic E-state index is 0.167. The Balaban J connectivity index is 1.78. The summed E-state index contributed by atoms with van der Waals surface area (Å²) in [6.45, 7) is 5.61. The molecule has 1 aliphatic heterocycles. The summed E-state index contributed by atoms with van der Waals surface area (Å²) < 4.78 is 0. The SMILES string of the molecule is Cc1cc(N(C)C)cc([C@@H]2CCN(C(=O)c3sccc3C)C2)n1. The number of aryl methyl sites for hydroxylation is 2. The van der Waals surface area contributed by atoms with Crippen molar-refractivity contribution >= 4 is 22.9 Å². The molecule has 0 radical (unpaired) electrons. The topological polar surface area (TPSA) is 36.4 Å². The Labute approximate surface area is 141 Å². The van der Waals surface area contributed by atoms with Crippen molar-refractivity contribution in [3.05, 3.63) is 45.4 Å². The molecule has 2 aromatic rings. The largest absolute Gasteiger partial charge is 0.378 e. The lowest BCUT2D eigenvalue weighted by atomic mass is 10.0. The van der Waals surface area contributed by atoms with E-state index in [2.05, 4.69) is 17.0 Å². The van der Waals surface area contributed by atoms with Crippen molar-refractivity contribution in [1.82, 2.24) is 9.88 Å². The number of rotatable bonds is 3. The molecule has 3 heterocycles. The second kappa shape index (κ2) is 6.32. The van der Waals surface area contributed by atoms with Crippen LogP contribution in [0, 0.1) is 13.8 Å². The molecule has 1 saturated heterocycles. The van der Waals surface area contributed by atoms with Gasteiger partial charge in [-0.05, 0) is 49.4 Å². The minimum Gasteiger partial charge on any atom is -0.378 e. The maximum absolute atomic E-state index is 12.7. The van der Waals surface area contributed by atoms with E-state index in [0.717, 1.165) is 41.3 Å². The van der Waals surface area contributed by atoms with Gasteiger partial charge in [0.1, 0.15) is 0 Å². The van der Waals surface area contributed by atoms with Crippen molar-refractivity contribution in [3.8, 4) is 0 Å². The second-order valence-corrected chi connectivity index (χ2v) is 7.37. The molecular weight excluding hydrogens is 306 g/mol. The van der Waals surface area contributed by atoms with E-state index in [4.69, 9.17) is 4.98 Å². The molecule has 0 N–H and O–H groups in total. The fourth-order valence-corrected chi connectivity index (χ4v) is 3.96. The number of carbonyl (C=O) groups is 1. The lowest BCUT2D eigenvalue weighted by molar-refractivity contribution is 0.0795. The summed E-state index contributed by atoms with van der Waals surface area (Å²) in [4.78, 5) is 22.3. The highest BCUT2D eigenvalue weighted by Gasteiger charge is 2.30. The third-order valence-electron chi connectivity index (χ3n) is 4.42. The number of aromatic nitrogens is 1. The molecule has 1 fully saturated rings. The molecule has 0 aliphatic carbocycles. The predicted molar refractivity (Wildman–Crippen MR) is 95.6 cm³/mol. The van der Waals surface area contributed by atoms with Gasteiger partial charge in [0.05, 0.1) is 4.88 Å². The third kappa shape index (κ3) is 3.24. The summed E-state index contributed by atoms with van der Waals surface area (Å²) in [5.41, 5.74) is 4.38. The summed E-state index contributed by atoms with van der Waals surface area (Å²) in [6.07, 6.45) is 0.986. The molecule has 4 nitrogen and oxygen atoms in total. The van der Waals surface area contributed by atoms with Crippen LogP contribution in [0.15, 0.2) is 23.6 Å². The van der Waals surface area contributed by atoms with Gasteiger partial charge in [-0.3, -0.25) is 9.78 Å². The maximum atomic E-state index is 12.7. The normalized spacial score (nSPS) is 17.6. The van der Waals surface area contributed by atoms with Gasteiger partial charge in [0.2, 0.25) is 0 Å². The number of amides is 1. The van der Waals surface area contributed by atoms with Crippen LogP contribution in [0.2, 0.25) is 0 Å². The van der Waals surface area contributed by atoms with Gasteiger partial charge in [-0.15, -0.1) is 11.3 Å². The molecular formula is C18H23N3OS. The van der Waals surface area contributed by atoms with Gasteiger partial charge in [-0.25, -0.2) is 0 Å². The fourth-order valence-electron chi connectivity index (χ4n) is 3.06. The molecule has 0 aromatic carbocycles. The summed E-state index contributed by atoms with van der Waals surface area (Å²) >= 11 is 1.54. The molecule has 1 aliphatic rings. The third-order valence-corrected chi connectivity index (χ3v) is 5.43. The average molecular weight is 329 g/mol. The van der Waals surface area contributed by atoms with E-state index in [1.165, 1.54) is 17.0 Å². The van der Waals surface area contributed by atoms with Crippen LogP contribution in [-0.2, 0) is 0 Å². The molecule has 0 unspecified atom stereocenters. The standard InChI is InChI=1S/C18H23N3OS/c1-12-6-8-23-17(12)18(22)21-7-5-14(11-21)16-10-15(20(3)4)9-13(2)19-16/h6,8-10,14H,5,7,11H2,1-4H3/t14-/m1/s1. The van der Waals surface area contributed by atoms with Crippen LogP contribution in [0.4, 0.5) is 5.69 Å². The van der Waals surface area contributed by atoms with Gasteiger partial charge in [0, 0.05) is 50.2 Å². The second-order valence-electron chi connectivity index (χ2n) is 6.46. The van der Waals surface area contributed by atoms with E-state index in [-0.39, 0.29) is 5.91 Å². The Kier molecular flexibility index (Phi) is 4.39. The maximum Gasteiger partial charge on any atom is 0.264 e. The monoisotopic (exact) mass is 329 g/mol. The highest BCUT2D eigenvalue weighted by Crippen LogP contribution is 2.30. The highest BCUT2D eigenvalue weighted by atomic mass is 32.1. The molecule has 122 valence electrons. The predicted octanol–water partition coefficient (Wildman–Crippen LogP) is 3.46. The van der Waals surface area contributed by atoms with Gasteiger partial charge in [-0.2, -0.15) is 0 Å². The van der Waals surface area contributed by atoms with E-state index in [1.807, 2.05) is 44.3 Å². The smallest absolute Gasteiger partial charge is 0.264 e. The Morgan fingerprint density at radius 3 is 2.78 bits per heavy atom. The van der Waals surface area contributed by atoms with Crippen LogP contribution in [-0.4, -0.2) is 43.0 Å². The van der Waals surface area contributed by atoms with Crippen molar-refractivity contribution < 1.29 is 4.79 Å². The lowest BCUT2D eigenvalue weighted by Gasteiger charge is -2.18. The summed E-state index contributed by atoms with van der Waals surface area (Å²) in [5.74, 6) is 0.498. The summed E-state index contributed by atoms with van der Waals surface area (Å²) in [7, 11) is 4.09. The van der Waals surface area contributed by atoms with E-state index < -0.39 is 0 Å². The first kappa shape index (κ1) is 16.0. The first-order valence-corrected chi connectivity index (χ1v) is 8.83. The Hall–Kier alpha value is -1.88. The molecule has 0 saturated carbocycles. The van der Waals surface area contributed by atoms with E-state index >= 15 is 0 Å². The number of pyridine rings is 1. The van der Waals surface area contributed by atoms with Crippen LogP contribution in [0.1, 0.15) is 39.0 Å². The Morgan fingerprint density at radius 1 is 1.35 bits per heavy atom. The van der Waals surface area contributed by atoms with Crippen LogP contribution < -0.4 is 4.90 Å². The van der Waals surface area contributed by atoms with E-state index in [1.54, 1.807) is 0 Å². The first-order chi connectivity index (χ1) is 11.0. The first-order valence-electron chi connectivity index (χ1n) is 7.95. The van der Waals surface area contributed by atoms with Gasteiger partial charge in [-0.1, -0.05) is 0 Å². The molecule has 5 heteroatoms. The highest BCUT2D eigenvalue weighted by molar-refractivity contribution is 7.12. The van der Waals surface area contributed by atoms with Crippen molar-refractivity contribution in [2.24, 2.45) is 0 Å². The van der Waals surface area contributed by atoms with Gasteiger partial charge >= 0.3 is 0 Å². The lowest BCUT2D eigenvalue weighted by Crippen LogP contribution is -2.28. The van der Waals surface area contributed by atoms with Crippen molar-refractivity contribution in [1.29, 1.82) is 0 Å². The Morgan fingerprint density at radius 2 is 2.13 bits per heavy atom. The van der Waals surface area contributed by atoms with Crippen molar-refractivity contribution in [3.63, 3.8) is 0 Å². The number of hydrogen-bond donors (Lipinski definition) is 0. The number of likely N-dealkylation sites (tertiary alicyclic amines) is 1. The minimum absolute atomic E-state index is 0.167. The number of nitrogens with zero attached hydrogens (tertiary/aromatic N) is 3. The molecule has 3 rings (SSSR count). The molecule has 2 aromatic heterocycles. The van der Waals surface area contributed by atoms with E-state index in [0.29, 0.717) is 5.92 Å². The molecule has 1 amide bonds. The average Bonchev–Trinajstić information content (AvgIpc) is 3.14. The van der Waals surface area contributed by atoms with Gasteiger partial charge in [0.15, 0.2) is 0 Å². The Bertz CT molecular complexity index is 723. The summed E-state index contributed by atoms with van der Waals surface area (Å²) in [6, 6.07) is 6.26. The molecule has 1 atom stereocenters. The zero-order valence-electron chi connectivity index (χ0n) is 14.2. The zero-order valence-corrected chi connectivity index (χ0v) is 15.0. The molecule has 0 spiro atoms. The number of hydrogen-bond acceptors (Lipinski definition) is 4. The quantitative estimate of drug-likeness (QED) is 0.865. The number of anilines is 1. The fraction of sp³-hybridized carbons (Fsp3) is 0.444. The van der Waals surface area contributed by atoms with Gasteiger partial charge < -0.3 is 9.80 Å². The van der Waals surface area contributed by atoms with Crippen molar-refractivity contribution in [2.45, 2.75) is 26.2 Å². The van der Waals surface area contributed by atoms with Crippen LogP contribution in [0.3, 0.4) is 0 Å². The van der Waals surface area contributed by atoms with E-state index in [9.17, 15) is 4.79 Å². The van der Waals surface area contributed by atoms with Crippen LogP contribution in [0.5, 0.6) is 0 Å². The van der Waals surface area contributed by atoms with Crippen LogP contribution in [0.25, 0.3) is 0 Å². The number of carbonyl (C=O) groups excluding carboxylic acids is 1.